The Bertz CT molecular complexity index is 915. The molecule has 28 heavy (non-hydrogen) atoms. The van der Waals surface area contributed by atoms with E-state index in [1.165, 1.54) is 6.33 Å². The van der Waals surface area contributed by atoms with E-state index < -0.39 is 0 Å². The molecule has 1 aliphatic rings. The van der Waals surface area contributed by atoms with Gasteiger partial charge in [0.2, 0.25) is 0 Å². The van der Waals surface area contributed by atoms with E-state index in [9.17, 15) is 5.11 Å². The van der Waals surface area contributed by atoms with Crippen molar-refractivity contribution in [3.63, 3.8) is 0 Å². The number of morpholine rings is 1. The molecular weight excluding hydrogens is 358 g/mol. The van der Waals surface area contributed by atoms with Crippen LogP contribution in [0, 0.1) is 0 Å². The number of hydrogen-bond donors (Lipinski definition) is 2. The Morgan fingerprint density at radius 2 is 2.18 bits per heavy atom. The normalized spacial score (nSPS) is 20.7. The number of anilines is 1. The molecule has 0 bridgehead atoms. The van der Waals surface area contributed by atoms with E-state index in [2.05, 4.69) is 50.1 Å². The minimum absolute atomic E-state index is 0.0399. The molecule has 148 valence electrons. The Morgan fingerprint density at radius 1 is 1.29 bits per heavy atom. The third kappa shape index (κ3) is 3.96. The maximum absolute atomic E-state index is 9.72. The van der Waals surface area contributed by atoms with Crippen LogP contribution in [0.25, 0.3) is 11.2 Å². The molecule has 1 fully saturated rings. The van der Waals surface area contributed by atoms with Crippen molar-refractivity contribution in [3.8, 4) is 0 Å². The molecule has 0 spiro atoms. The molecule has 0 saturated carbocycles. The molecule has 0 radical (unpaired) electrons. The van der Waals surface area contributed by atoms with Crippen LogP contribution in [0.1, 0.15) is 25.6 Å². The Labute approximate surface area is 163 Å². The summed E-state index contributed by atoms with van der Waals surface area (Å²) in [4.78, 5) is 19.7. The van der Waals surface area contributed by atoms with Crippen LogP contribution in [0.15, 0.2) is 37.2 Å². The number of rotatable bonds is 6. The van der Waals surface area contributed by atoms with Crippen molar-refractivity contribution in [2.45, 2.75) is 38.8 Å². The summed E-state index contributed by atoms with van der Waals surface area (Å²) in [6.07, 6.45) is 6.32. The van der Waals surface area contributed by atoms with Gasteiger partial charge in [0, 0.05) is 38.1 Å². The summed E-state index contributed by atoms with van der Waals surface area (Å²) in [7, 11) is 0. The van der Waals surface area contributed by atoms with Gasteiger partial charge in [-0.15, -0.1) is 0 Å². The summed E-state index contributed by atoms with van der Waals surface area (Å²) in [6.45, 7) is 6.12. The molecule has 3 aromatic rings. The van der Waals surface area contributed by atoms with Crippen LogP contribution in [0.3, 0.4) is 0 Å². The van der Waals surface area contributed by atoms with Gasteiger partial charge in [0.25, 0.3) is 0 Å². The first kappa shape index (κ1) is 18.7. The summed E-state index contributed by atoms with van der Waals surface area (Å²) < 4.78 is 8.03. The van der Waals surface area contributed by atoms with Crippen molar-refractivity contribution in [2.75, 3.05) is 25.0 Å². The molecule has 1 aliphatic heterocycles. The molecular formula is C19H25N7O2. The fourth-order valence-corrected chi connectivity index (χ4v) is 3.47. The first-order chi connectivity index (χ1) is 13.6. The highest BCUT2D eigenvalue weighted by molar-refractivity contribution is 5.82. The van der Waals surface area contributed by atoms with E-state index in [4.69, 9.17) is 4.74 Å². The van der Waals surface area contributed by atoms with Crippen LogP contribution < -0.4 is 5.32 Å². The zero-order chi connectivity index (χ0) is 19.5. The van der Waals surface area contributed by atoms with Crippen molar-refractivity contribution in [1.82, 2.24) is 29.4 Å². The van der Waals surface area contributed by atoms with Crippen LogP contribution in [-0.4, -0.2) is 66.4 Å². The Kier molecular flexibility index (Phi) is 5.47. The second kappa shape index (κ2) is 8.17. The van der Waals surface area contributed by atoms with Gasteiger partial charge < -0.3 is 15.2 Å². The first-order valence-electron chi connectivity index (χ1n) is 9.45. The number of ether oxygens (including phenoxy) is 1. The fraction of sp³-hybridized carbons (Fsp3) is 0.474. The number of hydrogen-bond acceptors (Lipinski definition) is 8. The van der Waals surface area contributed by atoms with Crippen molar-refractivity contribution in [3.05, 3.63) is 42.7 Å². The SMILES string of the molecule is CC(C)Nc1ncnc2c1ncn2[C@H]1CN(Cc2cccnc2)C[C@@H](CO)O1. The average Bonchev–Trinajstić information content (AvgIpc) is 3.13. The van der Waals surface area contributed by atoms with E-state index in [0.717, 1.165) is 12.1 Å². The average molecular weight is 383 g/mol. The molecule has 1 saturated heterocycles. The summed E-state index contributed by atoms with van der Waals surface area (Å²) in [6, 6.07) is 4.22. The summed E-state index contributed by atoms with van der Waals surface area (Å²) in [5.41, 5.74) is 2.55. The van der Waals surface area contributed by atoms with Gasteiger partial charge in [-0.25, -0.2) is 15.0 Å². The monoisotopic (exact) mass is 383 g/mol. The summed E-state index contributed by atoms with van der Waals surface area (Å²) in [5, 5.41) is 13.0. The highest BCUT2D eigenvalue weighted by Crippen LogP contribution is 2.26. The summed E-state index contributed by atoms with van der Waals surface area (Å²) >= 11 is 0. The first-order valence-corrected chi connectivity index (χ1v) is 9.45. The van der Waals surface area contributed by atoms with E-state index in [0.29, 0.717) is 30.1 Å². The molecule has 0 unspecified atom stereocenters. The number of imidazole rings is 1. The van der Waals surface area contributed by atoms with Gasteiger partial charge >= 0.3 is 0 Å². The Hall–Kier alpha value is -2.62. The third-order valence-corrected chi connectivity index (χ3v) is 4.65. The van der Waals surface area contributed by atoms with E-state index >= 15 is 0 Å². The van der Waals surface area contributed by atoms with Crippen molar-refractivity contribution >= 4 is 17.0 Å². The molecule has 4 rings (SSSR count). The molecule has 3 aromatic heterocycles. The van der Waals surface area contributed by atoms with Crippen LogP contribution in [-0.2, 0) is 11.3 Å². The van der Waals surface area contributed by atoms with Gasteiger partial charge in [0.05, 0.1) is 19.0 Å². The highest BCUT2D eigenvalue weighted by atomic mass is 16.5. The third-order valence-electron chi connectivity index (χ3n) is 4.65. The standard InChI is InChI=1S/C19H25N7O2/c1-13(2)24-18-17-19(22-11-21-18)26(12-23-17)16-9-25(8-15(10-27)28-16)7-14-4-3-5-20-6-14/h3-6,11-13,15-16,27H,7-10H2,1-2H3,(H,21,22,24)/t15-,16+/m0/s1. The lowest BCUT2D eigenvalue weighted by Crippen LogP contribution is -2.46. The van der Waals surface area contributed by atoms with Gasteiger partial charge in [-0.3, -0.25) is 14.5 Å². The van der Waals surface area contributed by atoms with Crippen LogP contribution in [0.2, 0.25) is 0 Å². The number of aliphatic hydroxyl groups is 1. The Balaban J connectivity index is 1.60. The quantitative estimate of drug-likeness (QED) is 0.659. The van der Waals surface area contributed by atoms with Crippen LogP contribution in [0.5, 0.6) is 0 Å². The number of nitrogens with one attached hydrogen (secondary N) is 1. The molecule has 0 aromatic carbocycles. The molecule has 9 heteroatoms. The number of pyridine rings is 1. The maximum Gasteiger partial charge on any atom is 0.167 e. The minimum Gasteiger partial charge on any atom is -0.394 e. The maximum atomic E-state index is 9.72. The largest absolute Gasteiger partial charge is 0.394 e. The van der Waals surface area contributed by atoms with Gasteiger partial charge in [0.15, 0.2) is 17.0 Å². The smallest absolute Gasteiger partial charge is 0.167 e. The molecule has 2 N–H and O–H groups in total. The molecule has 2 atom stereocenters. The highest BCUT2D eigenvalue weighted by Gasteiger charge is 2.30. The molecule has 4 heterocycles. The van der Waals surface area contributed by atoms with Crippen molar-refractivity contribution in [1.29, 1.82) is 0 Å². The second-order valence-electron chi connectivity index (χ2n) is 7.30. The van der Waals surface area contributed by atoms with E-state index in [-0.39, 0.29) is 25.0 Å². The topological polar surface area (TPSA) is 101 Å². The predicted octanol–water partition coefficient (Wildman–Crippen LogP) is 1.43. The summed E-state index contributed by atoms with van der Waals surface area (Å²) in [5.74, 6) is 0.709. The van der Waals surface area contributed by atoms with Crippen LogP contribution >= 0.6 is 0 Å². The number of nitrogens with zero attached hydrogens (tertiary/aromatic N) is 6. The van der Waals surface area contributed by atoms with E-state index in [1.807, 2.05) is 16.8 Å². The molecule has 0 amide bonds. The fourth-order valence-electron chi connectivity index (χ4n) is 3.47. The number of aromatic nitrogens is 5. The van der Waals surface area contributed by atoms with Crippen molar-refractivity contribution < 1.29 is 9.84 Å². The second-order valence-corrected chi connectivity index (χ2v) is 7.30. The lowest BCUT2D eigenvalue weighted by Gasteiger charge is -2.37. The zero-order valence-electron chi connectivity index (χ0n) is 16.1. The van der Waals surface area contributed by atoms with Gasteiger partial charge in [-0.1, -0.05) is 6.07 Å². The number of aliphatic hydroxyl groups excluding tert-OH is 1. The van der Waals surface area contributed by atoms with Crippen molar-refractivity contribution in [2.24, 2.45) is 0 Å². The molecule has 0 aliphatic carbocycles. The van der Waals surface area contributed by atoms with E-state index in [1.54, 1.807) is 12.5 Å². The zero-order valence-corrected chi connectivity index (χ0v) is 16.1. The van der Waals surface area contributed by atoms with Gasteiger partial charge in [0.1, 0.15) is 12.6 Å². The Morgan fingerprint density at radius 3 is 2.93 bits per heavy atom. The lowest BCUT2D eigenvalue weighted by molar-refractivity contribution is -0.135. The number of fused-ring (bicyclic) bond motifs is 1. The van der Waals surface area contributed by atoms with Gasteiger partial charge in [-0.2, -0.15) is 0 Å². The molecule has 9 nitrogen and oxygen atoms in total. The minimum atomic E-state index is -0.297. The van der Waals surface area contributed by atoms with Gasteiger partial charge in [-0.05, 0) is 25.5 Å². The van der Waals surface area contributed by atoms with Crippen LogP contribution in [0.4, 0.5) is 5.82 Å². The lowest BCUT2D eigenvalue weighted by atomic mass is 10.2. The predicted molar refractivity (Wildman–Crippen MR) is 105 cm³/mol.